The number of hydrogen-bond donors (Lipinski definition) is 3. The first-order valence-electron chi connectivity index (χ1n) is 9.05. The Hall–Kier alpha value is -3.41. The second-order valence-electron chi connectivity index (χ2n) is 6.42. The van der Waals surface area contributed by atoms with Gasteiger partial charge in [-0.15, -0.1) is 0 Å². The lowest BCUT2D eigenvalue weighted by molar-refractivity contribution is -0.121. The van der Waals surface area contributed by atoms with E-state index < -0.39 is 5.91 Å². The van der Waals surface area contributed by atoms with Crippen LogP contribution < -0.4 is 16.0 Å². The van der Waals surface area contributed by atoms with E-state index in [1.165, 1.54) is 6.92 Å². The van der Waals surface area contributed by atoms with E-state index in [-0.39, 0.29) is 17.5 Å². The van der Waals surface area contributed by atoms with Crippen LogP contribution in [0.15, 0.2) is 54.2 Å². The third kappa shape index (κ3) is 6.39. The first-order chi connectivity index (χ1) is 13.4. The maximum atomic E-state index is 12.7. The number of benzene rings is 2. The van der Waals surface area contributed by atoms with Gasteiger partial charge in [-0.1, -0.05) is 36.4 Å². The topological polar surface area (TPSA) is 87.3 Å². The molecule has 0 unspecified atom stereocenters. The van der Waals surface area contributed by atoms with E-state index in [9.17, 15) is 14.4 Å². The minimum Gasteiger partial charge on any atom is -0.359 e. The van der Waals surface area contributed by atoms with Gasteiger partial charge in [-0.05, 0) is 48.2 Å². The van der Waals surface area contributed by atoms with Gasteiger partial charge in [-0.2, -0.15) is 0 Å². The Morgan fingerprint density at radius 3 is 2.29 bits per heavy atom. The molecule has 6 heteroatoms. The summed E-state index contributed by atoms with van der Waals surface area (Å²) in [4.78, 5) is 35.5. The number of aryl methyl sites for hydroxylation is 2. The molecule has 6 nitrogen and oxygen atoms in total. The van der Waals surface area contributed by atoms with Crippen molar-refractivity contribution in [2.24, 2.45) is 0 Å². The van der Waals surface area contributed by atoms with Gasteiger partial charge in [0.25, 0.3) is 5.91 Å². The van der Waals surface area contributed by atoms with E-state index in [2.05, 4.69) is 16.0 Å². The molecule has 2 aromatic carbocycles. The first kappa shape index (κ1) is 20.9. The molecule has 3 amide bonds. The van der Waals surface area contributed by atoms with Gasteiger partial charge in [0.1, 0.15) is 5.70 Å². The molecule has 0 aliphatic carbocycles. The lowest BCUT2D eigenvalue weighted by atomic mass is 10.1. The Morgan fingerprint density at radius 1 is 1.00 bits per heavy atom. The molecular formula is C22H25N3O3. The number of nitrogens with one attached hydrogen (secondary N) is 3. The molecule has 28 heavy (non-hydrogen) atoms. The number of carbonyl (C=O) groups excluding carboxylic acids is 3. The van der Waals surface area contributed by atoms with E-state index in [1.54, 1.807) is 25.3 Å². The predicted octanol–water partition coefficient (Wildman–Crippen LogP) is 2.79. The zero-order chi connectivity index (χ0) is 20.5. The zero-order valence-electron chi connectivity index (χ0n) is 16.3. The smallest absolute Gasteiger partial charge is 0.272 e. The molecule has 0 aliphatic rings. The molecule has 0 heterocycles. The number of carbonyl (C=O) groups is 3. The average Bonchev–Trinajstić information content (AvgIpc) is 2.68. The van der Waals surface area contributed by atoms with Crippen LogP contribution in [-0.4, -0.2) is 24.8 Å². The normalized spacial score (nSPS) is 10.9. The van der Waals surface area contributed by atoms with Crippen molar-refractivity contribution in [1.82, 2.24) is 10.6 Å². The van der Waals surface area contributed by atoms with Gasteiger partial charge in [0.05, 0.1) is 0 Å². The summed E-state index contributed by atoms with van der Waals surface area (Å²) in [5.74, 6) is -0.741. The summed E-state index contributed by atoms with van der Waals surface area (Å²) >= 11 is 0. The Labute approximate surface area is 165 Å². The second-order valence-corrected chi connectivity index (χ2v) is 6.42. The minimum absolute atomic E-state index is 0.0151. The standard InChI is InChI=1S/C22H25N3O3/c1-15-6-4-5-7-18(15)14-20(24-16(2)26)22(28)25-19-11-8-17(9-12-19)10-13-21(27)23-3/h4-9,11-12,14H,10,13H2,1-3H3,(H,23,27)(H,24,26)(H,25,28)/b20-14-. The Morgan fingerprint density at radius 2 is 1.68 bits per heavy atom. The molecule has 3 N–H and O–H groups in total. The average molecular weight is 379 g/mol. The van der Waals surface area contributed by atoms with Crippen LogP contribution in [0.3, 0.4) is 0 Å². The summed E-state index contributed by atoms with van der Waals surface area (Å²) < 4.78 is 0. The molecule has 2 aromatic rings. The van der Waals surface area contributed by atoms with E-state index in [1.807, 2.05) is 43.3 Å². The molecule has 2 rings (SSSR count). The number of hydrogen-bond acceptors (Lipinski definition) is 3. The molecule has 0 aliphatic heterocycles. The largest absolute Gasteiger partial charge is 0.359 e. The minimum atomic E-state index is -0.406. The van der Waals surface area contributed by atoms with Crippen LogP contribution in [-0.2, 0) is 20.8 Å². The third-order valence-corrected chi connectivity index (χ3v) is 4.18. The molecule has 0 fully saturated rings. The maximum Gasteiger partial charge on any atom is 0.272 e. The molecule has 0 radical (unpaired) electrons. The number of rotatable bonds is 7. The van der Waals surface area contributed by atoms with Crippen molar-refractivity contribution in [3.05, 3.63) is 70.9 Å². The lowest BCUT2D eigenvalue weighted by Crippen LogP contribution is -2.29. The van der Waals surface area contributed by atoms with E-state index >= 15 is 0 Å². The summed E-state index contributed by atoms with van der Waals surface area (Å²) in [6.07, 6.45) is 2.69. The van der Waals surface area contributed by atoms with Gasteiger partial charge in [-0.3, -0.25) is 14.4 Å². The second kappa shape index (κ2) is 10.1. The summed E-state index contributed by atoms with van der Waals surface area (Å²) in [5.41, 5.74) is 3.63. The van der Waals surface area contributed by atoms with Crippen LogP contribution in [0.5, 0.6) is 0 Å². The Balaban J connectivity index is 2.12. The Bertz CT molecular complexity index is 886. The quantitative estimate of drug-likeness (QED) is 0.647. The van der Waals surface area contributed by atoms with Gasteiger partial charge >= 0.3 is 0 Å². The third-order valence-electron chi connectivity index (χ3n) is 4.18. The summed E-state index contributed by atoms with van der Waals surface area (Å²) in [6, 6.07) is 14.9. The fraction of sp³-hybridized carbons (Fsp3) is 0.227. The highest BCUT2D eigenvalue weighted by Gasteiger charge is 2.12. The lowest BCUT2D eigenvalue weighted by Gasteiger charge is -2.11. The van der Waals surface area contributed by atoms with E-state index in [4.69, 9.17) is 0 Å². The highest BCUT2D eigenvalue weighted by atomic mass is 16.2. The van der Waals surface area contributed by atoms with Crippen molar-refractivity contribution in [3.63, 3.8) is 0 Å². The van der Waals surface area contributed by atoms with Crippen LogP contribution in [0.1, 0.15) is 30.0 Å². The van der Waals surface area contributed by atoms with Gasteiger partial charge in [0.15, 0.2) is 0 Å². The molecule has 0 bridgehead atoms. The maximum absolute atomic E-state index is 12.7. The predicted molar refractivity (Wildman–Crippen MR) is 110 cm³/mol. The monoisotopic (exact) mass is 379 g/mol. The number of amides is 3. The number of anilines is 1. The summed E-state index contributed by atoms with van der Waals surface area (Å²) in [7, 11) is 1.61. The summed E-state index contributed by atoms with van der Waals surface area (Å²) in [6.45, 7) is 3.30. The van der Waals surface area contributed by atoms with Crippen molar-refractivity contribution in [1.29, 1.82) is 0 Å². The zero-order valence-corrected chi connectivity index (χ0v) is 16.3. The molecule has 146 valence electrons. The van der Waals surface area contributed by atoms with Crippen molar-refractivity contribution >= 4 is 29.5 Å². The van der Waals surface area contributed by atoms with Gasteiger partial charge in [-0.25, -0.2) is 0 Å². The first-order valence-corrected chi connectivity index (χ1v) is 9.05. The van der Waals surface area contributed by atoms with Crippen LogP contribution in [0.25, 0.3) is 6.08 Å². The molecular weight excluding hydrogens is 354 g/mol. The van der Waals surface area contributed by atoms with Crippen LogP contribution in [0.4, 0.5) is 5.69 Å². The fourth-order valence-corrected chi connectivity index (χ4v) is 2.59. The van der Waals surface area contributed by atoms with Gasteiger partial charge in [0, 0.05) is 26.1 Å². The fourth-order valence-electron chi connectivity index (χ4n) is 2.59. The van der Waals surface area contributed by atoms with Gasteiger partial charge < -0.3 is 16.0 Å². The molecule has 0 aromatic heterocycles. The summed E-state index contributed by atoms with van der Waals surface area (Å²) in [5, 5.41) is 7.97. The van der Waals surface area contributed by atoms with Gasteiger partial charge in [0.2, 0.25) is 11.8 Å². The van der Waals surface area contributed by atoms with Crippen molar-refractivity contribution in [2.75, 3.05) is 12.4 Å². The highest BCUT2D eigenvalue weighted by molar-refractivity contribution is 6.08. The van der Waals surface area contributed by atoms with Crippen molar-refractivity contribution < 1.29 is 14.4 Å². The van der Waals surface area contributed by atoms with Crippen LogP contribution in [0.2, 0.25) is 0 Å². The Kier molecular flexibility index (Phi) is 7.51. The SMILES string of the molecule is CNC(=O)CCc1ccc(NC(=O)/C(=C/c2ccccc2C)NC(C)=O)cc1. The molecule has 0 saturated carbocycles. The van der Waals surface area contributed by atoms with Crippen molar-refractivity contribution in [2.45, 2.75) is 26.7 Å². The molecule has 0 spiro atoms. The highest BCUT2D eigenvalue weighted by Crippen LogP contribution is 2.15. The van der Waals surface area contributed by atoms with Crippen LogP contribution >= 0.6 is 0 Å². The molecule has 0 saturated heterocycles. The van der Waals surface area contributed by atoms with Crippen LogP contribution in [0, 0.1) is 6.92 Å². The van der Waals surface area contributed by atoms with E-state index in [0.29, 0.717) is 18.5 Å². The van der Waals surface area contributed by atoms with E-state index in [0.717, 1.165) is 16.7 Å². The van der Waals surface area contributed by atoms with Crippen molar-refractivity contribution in [3.8, 4) is 0 Å². The molecule has 0 atom stereocenters.